The Morgan fingerprint density at radius 1 is 1.43 bits per heavy atom. The quantitative estimate of drug-likeness (QED) is 0.895. The Labute approximate surface area is 128 Å². The number of halogens is 1. The summed E-state index contributed by atoms with van der Waals surface area (Å²) in [5, 5.41) is 3.38. The van der Waals surface area contributed by atoms with Crippen molar-refractivity contribution in [1.29, 1.82) is 0 Å². The van der Waals surface area contributed by atoms with E-state index >= 15 is 0 Å². The van der Waals surface area contributed by atoms with Gasteiger partial charge < -0.3 is 19.7 Å². The van der Waals surface area contributed by atoms with Gasteiger partial charge in [0.25, 0.3) is 5.91 Å². The van der Waals surface area contributed by atoms with Crippen molar-refractivity contribution in [3.8, 4) is 0 Å². The van der Waals surface area contributed by atoms with Crippen molar-refractivity contribution < 1.29 is 9.59 Å². The minimum absolute atomic E-state index is 0.0174. The van der Waals surface area contributed by atoms with Crippen LogP contribution in [0.1, 0.15) is 23.3 Å². The summed E-state index contributed by atoms with van der Waals surface area (Å²) in [5.74, 6) is -0.0197. The lowest BCUT2D eigenvalue weighted by molar-refractivity contribution is 0.0625. The second-order valence-electron chi connectivity index (χ2n) is 5.63. The summed E-state index contributed by atoms with van der Waals surface area (Å²) < 4.78 is 1.75. The van der Waals surface area contributed by atoms with Gasteiger partial charge in [0.2, 0.25) is 0 Å². The molecule has 1 aromatic heterocycles. The SMILES string of the molecule is Cn1cc(Cl)cc1C(=O)N1CCCC(N2CCNC2=O)C1. The summed E-state index contributed by atoms with van der Waals surface area (Å²) in [5.41, 5.74) is 0.589. The predicted octanol–water partition coefficient (Wildman–Crippen LogP) is 1.31. The molecule has 2 fully saturated rings. The van der Waals surface area contributed by atoms with Gasteiger partial charge in [-0.05, 0) is 18.9 Å². The molecule has 1 unspecified atom stereocenters. The number of rotatable bonds is 2. The smallest absolute Gasteiger partial charge is 0.317 e. The molecule has 0 aliphatic carbocycles. The van der Waals surface area contributed by atoms with Gasteiger partial charge in [-0.1, -0.05) is 11.6 Å². The van der Waals surface area contributed by atoms with E-state index in [4.69, 9.17) is 11.6 Å². The van der Waals surface area contributed by atoms with E-state index in [0.29, 0.717) is 23.8 Å². The number of nitrogens with one attached hydrogen (secondary N) is 1. The number of carbonyl (C=O) groups excluding carboxylic acids is 2. The normalized spacial score (nSPS) is 22.6. The third-order valence-electron chi connectivity index (χ3n) is 4.20. The largest absolute Gasteiger partial charge is 0.345 e. The van der Waals surface area contributed by atoms with Crippen molar-refractivity contribution in [3.05, 3.63) is 23.0 Å². The molecule has 3 heterocycles. The molecular weight excluding hydrogens is 292 g/mol. The van der Waals surface area contributed by atoms with E-state index in [1.807, 2.05) is 16.8 Å². The van der Waals surface area contributed by atoms with Gasteiger partial charge in [-0.15, -0.1) is 0 Å². The van der Waals surface area contributed by atoms with Gasteiger partial charge in [0.05, 0.1) is 11.1 Å². The fourth-order valence-corrected chi connectivity index (χ4v) is 3.38. The molecule has 2 saturated heterocycles. The Morgan fingerprint density at radius 3 is 2.86 bits per heavy atom. The number of amides is 3. The highest BCUT2D eigenvalue weighted by atomic mass is 35.5. The fourth-order valence-electron chi connectivity index (χ4n) is 3.13. The van der Waals surface area contributed by atoms with Gasteiger partial charge >= 0.3 is 6.03 Å². The van der Waals surface area contributed by atoms with Crippen LogP contribution in [0.3, 0.4) is 0 Å². The number of aromatic nitrogens is 1. The van der Waals surface area contributed by atoms with E-state index in [9.17, 15) is 9.59 Å². The fraction of sp³-hybridized carbons (Fsp3) is 0.571. The van der Waals surface area contributed by atoms with Gasteiger partial charge in [0, 0.05) is 39.4 Å². The van der Waals surface area contributed by atoms with Gasteiger partial charge in [-0.25, -0.2) is 4.79 Å². The zero-order chi connectivity index (χ0) is 15.0. The lowest BCUT2D eigenvalue weighted by Crippen LogP contribution is -2.50. The first kappa shape index (κ1) is 14.3. The van der Waals surface area contributed by atoms with Crippen molar-refractivity contribution >= 4 is 23.5 Å². The van der Waals surface area contributed by atoms with Crippen LogP contribution in [0.15, 0.2) is 12.3 Å². The predicted molar refractivity (Wildman–Crippen MR) is 79.5 cm³/mol. The van der Waals surface area contributed by atoms with E-state index in [-0.39, 0.29) is 18.0 Å². The number of hydrogen-bond donors (Lipinski definition) is 1. The molecule has 1 aromatic rings. The lowest BCUT2D eigenvalue weighted by Gasteiger charge is -2.37. The highest BCUT2D eigenvalue weighted by Crippen LogP contribution is 2.21. The molecule has 114 valence electrons. The van der Waals surface area contributed by atoms with Crippen LogP contribution in [0.5, 0.6) is 0 Å². The monoisotopic (exact) mass is 310 g/mol. The molecule has 6 nitrogen and oxygen atoms in total. The molecule has 7 heteroatoms. The number of urea groups is 1. The summed E-state index contributed by atoms with van der Waals surface area (Å²) in [4.78, 5) is 28.0. The van der Waals surface area contributed by atoms with Crippen molar-refractivity contribution in [2.24, 2.45) is 7.05 Å². The van der Waals surface area contributed by atoms with Crippen LogP contribution in [0.2, 0.25) is 5.02 Å². The molecule has 21 heavy (non-hydrogen) atoms. The van der Waals surface area contributed by atoms with Crippen LogP contribution in [-0.4, -0.2) is 58.5 Å². The molecular formula is C14H19ClN4O2. The molecule has 3 rings (SSSR count). The van der Waals surface area contributed by atoms with Crippen molar-refractivity contribution in [1.82, 2.24) is 19.7 Å². The van der Waals surface area contributed by atoms with E-state index in [0.717, 1.165) is 25.9 Å². The maximum absolute atomic E-state index is 12.6. The first-order valence-corrected chi connectivity index (χ1v) is 7.59. The summed E-state index contributed by atoms with van der Waals surface area (Å²) in [7, 11) is 1.81. The van der Waals surface area contributed by atoms with Crippen LogP contribution in [-0.2, 0) is 7.05 Å². The van der Waals surface area contributed by atoms with Gasteiger partial charge in [-0.3, -0.25) is 4.79 Å². The number of piperidine rings is 1. The molecule has 1 atom stereocenters. The third kappa shape index (κ3) is 2.72. The van der Waals surface area contributed by atoms with Crippen molar-refractivity contribution in [3.63, 3.8) is 0 Å². The van der Waals surface area contributed by atoms with Gasteiger partial charge in [0.1, 0.15) is 5.69 Å². The van der Waals surface area contributed by atoms with Crippen molar-refractivity contribution in [2.45, 2.75) is 18.9 Å². The summed E-state index contributed by atoms with van der Waals surface area (Å²) in [6.07, 6.45) is 3.59. The molecule has 1 N–H and O–H groups in total. The summed E-state index contributed by atoms with van der Waals surface area (Å²) in [6, 6.07) is 1.79. The molecule has 3 amide bonds. The maximum Gasteiger partial charge on any atom is 0.317 e. The first-order chi connectivity index (χ1) is 10.1. The number of likely N-dealkylation sites (tertiary alicyclic amines) is 1. The molecule has 0 spiro atoms. The molecule has 0 radical (unpaired) electrons. The van der Waals surface area contributed by atoms with E-state index < -0.39 is 0 Å². The van der Waals surface area contributed by atoms with E-state index in [1.54, 1.807) is 16.8 Å². The standard InChI is InChI=1S/C14H19ClN4O2/c1-17-8-10(15)7-12(17)13(20)18-5-2-3-11(9-18)19-6-4-16-14(19)21/h7-8,11H,2-6,9H2,1H3,(H,16,21). The Kier molecular flexibility index (Phi) is 3.80. The molecule has 0 saturated carbocycles. The van der Waals surface area contributed by atoms with Gasteiger partial charge in [-0.2, -0.15) is 0 Å². The third-order valence-corrected chi connectivity index (χ3v) is 4.41. The minimum Gasteiger partial charge on any atom is -0.345 e. The topological polar surface area (TPSA) is 57.6 Å². The molecule has 0 aromatic carbocycles. The number of nitrogens with zero attached hydrogens (tertiary/aromatic N) is 3. The highest BCUT2D eigenvalue weighted by molar-refractivity contribution is 6.31. The summed E-state index contributed by atoms with van der Waals surface area (Å²) in [6.45, 7) is 2.74. The van der Waals surface area contributed by atoms with E-state index in [1.165, 1.54) is 0 Å². The Morgan fingerprint density at radius 2 is 2.24 bits per heavy atom. The van der Waals surface area contributed by atoms with Crippen LogP contribution < -0.4 is 5.32 Å². The molecule has 2 aliphatic heterocycles. The molecule has 0 bridgehead atoms. The van der Waals surface area contributed by atoms with E-state index in [2.05, 4.69) is 5.32 Å². The number of hydrogen-bond acceptors (Lipinski definition) is 2. The van der Waals surface area contributed by atoms with Crippen LogP contribution in [0.25, 0.3) is 0 Å². The first-order valence-electron chi connectivity index (χ1n) is 7.22. The Hall–Kier alpha value is -1.69. The summed E-state index contributed by atoms with van der Waals surface area (Å²) >= 11 is 5.95. The number of aryl methyl sites for hydroxylation is 1. The minimum atomic E-state index is -0.0197. The Balaban J connectivity index is 1.72. The molecule has 2 aliphatic rings. The van der Waals surface area contributed by atoms with Crippen LogP contribution in [0.4, 0.5) is 4.79 Å². The number of carbonyl (C=O) groups is 2. The second-order valence-corrected chi connectivity index (χ2v) is 6.06. The lowest BCUT2D eigenvalue weighted by atomic mass is 10.0. The second kappa shape index (κ2) is 5.60. The average Bonchev–Trinajstić information content (AvgIpc) is 3.03. The highest BCUT2D eigenvalue weighted by Gasteiger charge is 2.33. The van der Waals surface area contributed by atoms with Crippen LogP contribution in [0, 0.1) is 0 Å². The van der Waals surface area contributed by atoms with Crippen molar-refractivity contribution in [2.75, 3.05) is 26.2 Å². The maximum atomic E-state index is 12.6. The average molecular weight is 311 g/mol. The Bertz CT molecular complexity index is 571. The zero-order valence-electron chi connectivity index (χ0n) is 12.0. The zero-order valence-corrected chi connectivity index (χ0v) is 12.8. The van der Waals surface area contributed by atoms with Crippen LogP contribution >= 0.6 is 11.6 Å². The van der Waals surface area contributed by atoms with Gasteiger partial charge in [0.15, 0.2) is 0 Å².